The zero-order valence-corrected chi connectivity index (χ0v) is 17.1. The van der Waals surface area contributed by atoms with Crippen LogP contribution >= 0.6 is 0 Å². The number of hydrogen-bond donors (Lipinski definition) is 1. The number of nitrogens with one attached hydrogen (secondary N) is 1. The van der Waals surface area contributed by atoms with E-state index in [1.165, 1.54) is 0 Å². The summed E-state index contributed by atoms with van der Waals surface area (Å²) in [5.74, 6) is 1.82. The molecule has 1 saturated carbocycles. The molecule has 1 amide bonds. The lowest BCUT2D eigenvalue weighted by Crippen LogP contribution is -2.31. The van der Waals surface area contributed by atoms with Gasteiger partial charge in [0.2, 0.25) is 5.91 Å². The highest BCUT2D eigenvalue weighted by molar-refractivity contribution is 5.83. The smallest absolute Gasteiger partial charge is 0.227 e. The minimum absolute atomic E-state index is 0.0259. The molecule has 2 atom stereocenters. The van der Waals surface area contributed by atoms with Crippen LogP contribution in [0.25, 0.3) is 0 Å². The lowest BCUT2D eigenvalue weighted by Gasteiger charge is -2.14. The summed E-state index contributed by atoms with van der Waals surface area (Å²) < 4.78 is 10.7. The zero-order chi connectivity index (χ0) is 20.6. The lowest BCUT2D eigenvalue weighted by atomic mass is 9.94. The number of amides is 1. The molecular formula is C24H29NO4. The summed E-state index contributed by atoms with van der Waals surface area (Å²) in [6.07, 6.45) is 3.55. The van der Waals surface area contributed by atoms with Crippen LogP contribution in [0, 0.1) is 5.92 Å². The first-order valence-electron chi connectivity index (χ1n) is 10.2. The Labute approximate surface area is 172 Å². The van der Waals surface area contributed by atoms with Crippen LogP contribution in [0.1, 0.15) is 43.2 Å². The van der Waals surface area contributed by atoms with Gasteiger partial charge in [-0.25, -0.2) is 0 Å². The zero-order valence-electron chi connectivity index (χ0n) is 17.1. The van der Waals surface area contributed by atoms with Crippen molar-refractivity contribution in [2.45, 2.75) is 38.5 Å². The van der Waals surface area contributed by atoms with Gasteiger partial charge in [-0.2, -0.15) is 0 Å². The van der Waals surface area contributed by atoms with Crippen molar-refractivity contribution in [2.75, 3.05) is 20.3 Å². The molecular weight excluding hydrogens is 366 g/mol. The van der Waals surface area contributed by atoms with Crippen LogP contribution in [-0.2, 0) is 16.0 Å². The molecule has 0 spiro atoms. The Morgan fingerprint density at radius 3 is 2.41 bits per heavy atom. The molecule has 2 aromatic carbocycles. The van der Waals surface area contributed by atoms with Gasteiger partial charge in [-0.1, -0.05) is 24.3 Å². The number of benzene rings is 2. The Balaban J connectivity index is 1.42. The second-order valence-corrected chi connectivity index (χ2v) is 7.54. The van der Waals surface area contributed by atoms with Crippen LogP contribution in [0.15, 0.2) is 48.5 Å². The van der Waals surface area contributed by atoms with Gasteiger partial charge in [0.25, 0.3) is 0 Å². The predicted octanol–water partition coefficient (Wildman–Crippen LogP) is 3.91. The first-order valence-corrected chi connectivity index (χ1v) is 10.2. The number of ketones is 1. The molecule has 29 heavy (non-hydrogen) atoms. The van der Waals surface area contributed by atoms with E-state index in [2.05, 4.69) is 5.32 Å². The molecule has 0 heterocycles. The number of hydrogen-bond acceptors (Lipinski definition) is 4. The molecule has 1 aliphatic carbocycles. The van der Waals surface area contributed by atoms with Crippen LogP contribution in [0.3, 0.4) is 0 Å². The number of ether oxygens (including phenoxy) is 2. The molecule has 2 aromatic rings. The number of carbonyl (C=O) groups excluding carboxylic acids is 2. The van der Waals surface area contributed by atoms with Gasteiger partial charge in [-0.05, 0) is 61.6 Å². The molecule has 3 rings (SSSR count). The Bertz CT molecular complexity index is 814. The summed E-state index contributed by atoms with van der Waals surface area (Å²) in [5, 5.41) is 2.92. The highest BCUT2D eigenvalue weighted by Crippen LogP contribution is 2.26. The van der Waals surface area contributed by atoms with Gasteiger partial charge in [0.15, 0.2) is 0 Å². The topological polar surface area (TPSA) is 64.6 Å². The van der Waals surface area contributed by atoms with Crippen molar-refractivity contribution < 1.29 is 19.1 Å². The standard InChI is InChI=1S/C24H29NO4/c1-17(19-8-6-18(7-9-19)16-20-4-3-5-23(20)26)24(27)25-14-15-29-22-12-10-21(28-2)11-13-22/h6-13,17,20H,3-5,14-16H2,1-2H3,(H,25,27)/t17-,20-/m0/s1. The van der Waals surface area contributed by atoms with Crippen molar-refractivity contribution in [3.63, 3.8) is 0 Å². The number of rotatable bonds is 9. The van der Waals surface area contributed by atoms with E-state index in [4.69, 9.17) is 9.47 Å². The number of Topliss-reactive ketones (excluding diaryl/α,β-unsaturated/α-hetero) is 1. The quantitative estimate of drug-likeness (QED) is 0.654. The van der Waals surface area contributed by atoms with Gasteiger partial charge in [-0.3, -0.25) is 9.59 Å². The third kappa shape index (κ3) is 5.83. The molecule has 0 saturated heterocycles. The minimum Gasteiger partial charge on any atom is -0.497 e. The molecule has 0 aliphatic heterocycles. The monoisotopic (exact) mass is 395 g/mol. The van der Waals surface area contributed by atoms with Gasteiger partial charge < -0.3 is 14.8 Å². The fraction of sp³-hybridized carbons (Fsp3) is 0.417. The predicted molar refractivity (Wildman–Crippen MR) is 112 cm³/mol. The Morgan fingerprint density at radius 2 is 1.79 bits per heavy atom. The van der Waals surface area contributed by atoms with E-state index in [1.807, 2.05) is 55.5 Å². The number of carbonyl (C=O) groups is 2. The van der Waals surface area contributed by atoms with Crippen molar-refractivity contribution in [1.82, 2.24) is 5.32 Å². The summed E-state index contributed by atoms with van der Waals surface area (Å²) >= 11 is 0. The third-order valence-electron chi connectivity index (χ3n) is 5.52. The first kappa shape index (κ1) is 20.9. The highest BCUT2D eigenvalue weighted by Gasteiger charge is 2.24. The lowest BCUT2D eigenvalue weighted by molar-refractivity contribution is -0.122. The molecule has 0 radical (unpaired) electrons. The van der Waals surface area contributed by atoms with E-state index in [9.17, 15) is 9.59 Å². The van der Waals surface area contributed by atoms with Crippen molar-refractivity contribution >= 4 is 11.7 Å². The summed E-state index contributed by atoms with van der Waals surface area (Å²) in [6.45, 7) is 2.74. The van der Waals surface area contributed by atoms with E-state index in [-0.39, 0.29) is 17.7 Å². The maximum absolute atomic E-state index is 12.4. The molecule has 5 nitrogen and oxygen atoms in total. The van der Waals surface area contributed by atoms with E-state index in [0.29, 0.717) is 18.9 Å². The first-order chi connectivity index (χ1) is 14.1. The fourth-order valence-electron chi connectivity index (χ4n) is 3.65. The van der Waals surface area contributed by atoms with Gasteiger partial charge in [0.05, 0.1) is 19.6 Å². The van der Waals surface area contributed by atoms with E-state index in [0.717, 1.165) is 48.3 Å². The SMILES string of the molecule is COc1ccc(OCCNC(=O)[C@@H](C)c2ccc(C[C@@H]3CCCC3=O)cc2)cc1. The van der Waals surface area contributed by atoms with E-state index < -0.39 is 0 Å². The second-order valence-electron chi connectivity index (χ2n) is 7.54. The maximum Gasteiger partial charge on any atom is 0.227 e. The molecule has 5 heteroatoms. The van der Waals surface area contributed by atoms with Crippen LogP contribution in [0.5, 0.6) is 11.5 Å². The fourth-order valence-corrected chi connectivity index (χ4v) is 3.65. The maximum atomic E-state index is 12.4. The average molecular weight is 395 g/mol. The Morgan fingerprint density at radius 1 is 1.10 bits per heavy atom. The second kappa shape index (κ2) is 10.1. The van der Waals surface area contributed by atoms with Gasteiger partial charge in [-0.15, -0.1) is 0 Å². The molecule has 0 aromatic heterocycles. The summed E-state index contributed by atoms with van der Waals surface area (Å²) in [7, 11) is 1.62. The van der Waals surface area contributed by atoms with Gasteiger partial charge >= 0.3 is 0 Å². The van der Waals surface area contributed by atoms with Crippen molar-refractivity contribution in [1.29, 1.82) is 0 Å². The van der Waals surface area contributed by atoms with E-state index >= 15 is 0 Å². The van der Waals surface area contributed by atoms with Crippen LogP contribution < -0.4 is 14.8 Å². The van der Waals surface area contributed by atoms with Crippen molar-refractivity contribution in [2.24, 2.45) is 5.92 Å². The molecule has 1 fully saturated rings. The summed E-state index contributed by atoms with van der Waals surface area (Å²) in [5.41, 5.74) is 2.13. The van der Waals surface area contributed by atoms with Crippen LogP contribution in [0.2, 0.25) is 0 Å². The average Bonchev–Trinajstić information content (AvgIpc) is 3.16. The Hall–Kier alpha value is -2.82. The molecule has 1 N–H and O–H groups in total. The molecule has 0 unspecified atom stereocenters. The molecule has 154 valence electrons. The summed E-state index contributed by atoms with van der Waals surface area (Å²) in [6, 6.07) is 15.4. The van der Waals surface area contributed by atoms with Crippen molar-refractivity contribution in [3.8, 4) is 11.5 Å². The largest absolute Gasteiger partial charge is 0.497 e. The normalized spacial score (nSPS) is 17.0. The third-order valence-corrected chi connectivity index (χ3v) is 5.52. The van der Waals surface area contributed by atoms with Gasteiger partial charge in [0.1, 0.15) is 23.9 Å². The summed E-state index contributed by atoms with van der Waals surface area (Å²) in [4.78, 5) is 24.2. The minimum atomic E-state index is -0.238. The number of methoxy groups -OCH3 is 1. The molecule has 0 bridgehead atoms. The Kier molecular flexibility index (Phi) is 7.28. The van der Waals surface area contributed by atoms with E-state index in [1.54, 1.807) is 7.11 Å². The van der Waals surface area contributed by atoms with Crippen molar-refractivity contribution in [3.05, 3.63) is 59.7 Å². The highest BCUT2D eigenvalue weighted by atomic mass is 16.5. The van der Waals surface area contributed by atoms with Gasteiger partial charge in [0, 0.05) is 12.3 Å². The van der Waals surface area contributed by atoms with Crippen LogP contribution in [-0.4, -0.2) is 32.0 Å². The molecule has 1 aliphatic rings. The van der Waals surface area contributed by atoms with Crippen LogP contribution in [0.4, 0.5) is 0 Å².